The zero-order valence-electron chi connectivity index (χ0n) is 23.8. The fourth-order valence-electron chi connectivity index (χ4n) is 4.19. The van der Waals surface area contributed by atoms with E-state index in [1.54, 1.807) is 0 Å². The highest BCUT2D eigenvalue weighted by Gasteiger charge is 2.13. The lowest BCUT2D eigenvalue weighted by Gasteiger charge is -2.17. The largest absolute Gasteiger partial charge is 0.460 e. The average molecular weight is 499 g/mol. The topological polar surface area (TPSA) is 61.8 Å². The highest BCUT2D eigenvalue weighted by Crippen LogP contribution is 2.12. The molecule has 0 heterocycles. The summed E-state index contributed by atoms with van der Waals surface area (Å²) in [6.45, 7) is 8.81. The van der Waals surface area contributed by atoms with E-state index >= 15 is 0 Å². The van der Waals surface area contributed by atoms with E-state index in [4.69, 9.17) is 14.2 Å². The Balaban J connectivity index is 3.56. The van der Waals surface area contributed by atoms with Crippen molar-refractivity contribution in [3.05, 3.63) is 0 Å². The van der Waals surface area contributed by atoms with Crippen molar-refractivity contribution < 1.29 is 23.8 Å². The van der Waals surface area contributed by atoms with Crippen LogP contribution in [0.2, 0.25) is 0 Å². The number of esters is 2. The van der Waals surface area contributed by atoms with Gasteiger partial charge in [0, 0.05) is 12.8 Å². The minimum atomic E-state index is -0.286. The van der Waals surface area contributed by atoms with Crippen LogP contribution in [0.15, 0.2) is 0 Å². The number of hydrogen-bond acceptors (Lipinski definition) is 5. The van der Waals surface area contributed by atoms with E-state index in [1.165, 1.54) is 89.9 Å². The molecule has 5 nitrogen and oxygen atoms in total. The van der Waals surface area contributed by atoms with Crippen LogP contribution in [0.4, 0.5) is 0 Å². The molecule has 0 fully saturated rings. The molecule has 0 saturated heterocycles. The maximum absolute atomic E-state index is 12.0. The Bertz CT molecular complexity index is 437. The summed E-state index contributed by atoms with van der Waals surface area (Å²) in [5.41, 5.74) is 0. The number of rotatable bonds is 26. The Morgan fingerprint density at radius 1 is 0.486 bits per heavy atom. The van der Waals surface area contributed by atoms with Crippen molar-refractivity contribution in [3.63, 3.8) is 0 Å². The molecule has 0 aromatic carbocycles. The Labute approximate surface area is 217 Å². The fourth-order valence-corrected chi connectivity index (χ4v) is 4.19. The van der Waals surface area contributed by atoms with Crippen molar-refractivity contribution >= 4 is 11.9 Å². The van der Waals surface area contributed by atoms with Crippen LogP contribution in [0, 0.1) is 0 Å². The zero-order valence-corrected chi connectivity index (χ0v) is 23.8. The third-order valence-electron chi connectivity index (χ3n) is 6.34. The highest BCUT2D eigenvalue weighted by molar-refractivity contribution is 5.69. The average Bonchev–Trinajstić information content (AvgIpc) is 2.81. The summed E-state index contributed by atoms with van der Waals surface area (Å²) < 4.78 is 16.5. The van der Waals surface area contributed by atoms with E-state index in [-0.39, 0.29) is 24.1 Å². The van der Waals surface area contributed by atoms with Crippen molar-refractivity contribution in [2.75, 3.05) is 13.2 Å². The molecule has 0 aliphatic carbocycles. The Hall–Kier alpha value is -1.10. The van der Waals surface area contributed by atoms with Crippen molar-refractivity contribution in [1.29, 1.82) is 0 Å². The number of carbonyl (C=O) groups excluding carboxylic acids is 2. The van der Waals surface area contributed by atoms with Gasteiger partial charge >= 0.3 is 11.9 Å². The van der Waals surface area contributed by atoms with Crippen molar-refractivity contribution in [1.82, 2.24) is 0 Å². The molecule has 0 aromatic heterocycles. The summed E-state index contributed by atoms with van der Waals surface area (Å²) in [5, 5.41) is 0. The minimum Gasteiger partial charge on any atom is -0.460 e. The van der Waals surface area contributed by atoms with Crippen LogP contribution in [0.5, 0.6) is 0 Å². The van der Waals surface area contributed by atoms with Gasteiger partial charge in [-0.15, -0.1) is 0 Å². The number of ether oxygens (including phenoxy) is 3. The van der Waals surface area contributed by atoms with Crippen LogP contribution >= 0.6 is 0 Å². The molecule has 0 aliphatic rings. The summed E-state index contributed by atoms with van der Waals surface area (Å²) in [7, 11) is 0. The van der Waals surface area contributed by atoms with Gasteiger partial charge in [0.1, 0.15) is 12.2 Å². The molecule has 0 N–H and O–H groups in total. The van der Waals surface area contributed by atoms with Crippen molar-refractivity contribution in [2.24, 2.45) is 0 Å². The van der Waals surface area contributed by atoms with E-state index < -0.39 is 0 Å². The van der Waals surface area contributed by atoms with E-state index in [9.17, 15) is 9.59 Å². The van der Waals surface area contributed by atoms with Crippen LogP contribution in [0.1, 0.15) is 156 Å². The maximum Gasteiger partial charge on any atom is 0.306 e. The van der Waals surface area contributed by atoms with E-state index in [1.807, 2.05) is 13.8 Å². The van der Waals surface area contributed by atoms with Gasteiger partial charge in [-0.25, -0.2) is 0 Å². The van der Waals surface area contributed by atoms with Crippen LogP contribution < -0.4 is 0 Å². The molecule has 0 saturated carbocycles. The fraction of sp³-hybridized carbons (Fsp3) is 0.933. The monoisotopic (exact) mass is 498 g/mol. The van der Waals surface area contributed by atoms with Gasteiger partial charge in [0.25, 0.3) is 0 Å². The first-order chi connectivity index (χ1) is 17.0. The first-order valence-electron chi connectivity index (χ1n) is 15.0. The molecule has 0 spiro atoms. The minimum absolute atomic E-state index is 0.149. The van der Waals surface area contributed by atoms with Gasteiger partial charge in [-0.2, -0.15) is 0 Å². The van der Waals surface area contributed by atoms with Crippen LogP contribution in [0.3, 0.4) is 0 Å². The standard InChI is InChI=1S/C30H58O5/c1-5-7-9-11-13-15-17-19-21-23-29(31)34-27(3)25-33-26-28(4)35-30(32)24-22-20-18-16-14-12-10-8-6-2/h27-28H,5-26H2,1-4H3. The van der Waals surface area contributed by atoms with E-state index in [0.717, 1.165) is 25.7 Å². The van der Waals surface area contributed by atoms with Crippen molar-refractivity contribution in [2.45, 2.75) is 168 Å². The number of hydrogen-bond donors (Lipinski definition) is 0. The Morgan fingerprint density at radius 3 is 1.09 bits per heavy atom. The highest BCUT2D eigenvalue weighted by atomic mass is 16.6. The normalized spacial score (nSPS) is 12.9. The predicted molar refractivity (Wildman–Crippen MR) is 146 cm³/mol. The molecule has 35 heavy (non-hydrogen) atoms. The summed E-state index contributed by atoms with van der Waals surface area (Å²) in [4.78, 5) is 24.0. The van der Waals surface area contributed by atoms with E-state index in [0.29, 0.717) is 26.1 Å². The lowest BCUT2D eigenvalue weighted by Crippen LogP contribution is -2.25. The second kappa shape index (κ2) is 26.0. The first-order valence-corrected chi connectivity index (χ1v) is 15.0. The quantitative estimate of drug-likeness (QED) is 0.0881. The molecular weight excluding hydrogens is 440 g/mol. The van der Waals surface area contributed by atoms with Crippen molar-refractivity contribution in [3.8, 4) is 0 Å². The molecule has 0 radical (unpaired) electrons. The van der Waals surface area contributed by atoms with Gasteiger partial charge in [-0.1, -0.05) is 117 Å². The van der Waals surface area contributed by atoms with Crippen LogP contribution in [0.25, 0.3) is 0 Å². The third-order valence-corrected chi connectivity index (χ3v) is 6.34. The second-order valence-electron chi connectivity index (χ2n) is 10.3. The summed E-state index contributed by atoms with van der Waals surface area (Å²) in [6.07, 6.45) is 22.6. The van der Waals surface area contributed by atoms with Gasteiger partial charge < -0.3 is 14.2 Å². The van der Waals surface area contributed by atoms with Crippen LogP contribution in [-0.4, -0.2) is 37.4 Å². The van der Waals surface area contributed by atoms with Crippen LogP contribution in [-0.2, 0) is 23.8 Å². The lowest BCUT2D eigenvalue weighted by atomic mass is 10.1. The molecule has 0 aliphatic heterocycles. The SMILES string of the molecule is CCCCCCCCCCCC(=O)OC(C)COCC(C)OC(=O)CCCCCCCCCCC. The molecule has 0 rings (SSSR count). The molecular formula is C30H58O5. The molecule has 0 amide bonds. The number of unbranched alkanes of at least 4 members (excludes halogenated alkanes) is 16. The van der Waals surface area contributed by atoms with Gasteiger partial charge in [-0.05, 0) is 26.7 Å². The smallest absolute Gasteiger partial charge is 0.306 e. The number of carbonyl (C=O) groups is 2. The van der Waals surface area contributed by atoms with Gasteiger partial charge in [-0.3, -0.25) is 9.59 Å². The molecule has 5 heteroatoms. The lowest BCUT2D eigenvalue weighted by molar-refractivity contribution is -0.154. The van der Waals surface area contributed by atoms with Gasteiger partial charge in [0.15, 0.2) is 0 Å². The Morgan fingerprint density at radius 2 is 0.771 bits per heavy atom. The summed E-state index contributed by atoms with van der Waals surface area (Å²) in [6, 6.07) is 0. The summed E-state index contributed by atoms with van der Waals surface area (Å²) in [5.74, 6) is -0.297. The zero-order chi connectivity index (χ0) is 26.0. The predicted octanol–water partition coefficient (Wildman–Crippen LogP) is 8.71. The summed E-state index contributed by atoms with van der Waals surface area (Å²) >= 11 is 0. The van der Waals surface area contributed by atoms with E-state index in [2.05, 4.69) is 13.8 Å². The molecule has 208 valence electrons. The maximum atomic E-state index is 12.0. The molecule has 2 atom stereocenters. The first kappa shape index (κ1) is 33.9. The molecule has 2 unspecified atom stereocenters. The van der Waals surface area contributed by atoms with Gasteiger partial charge in [0.05, 0.1) is 13.2 Å². The molecule has 0 bridgehead atoms. The molecule has 0 aromatic rings. The third kappa shape index (κ3) is 25.8. The Kier molecular flexibility index (Phi) is 25.2. The second-order valence-corrected chi connectivity index (χ2v) is 10.3. The van der Waals surface area contributed by atoms with Gasteiger partial charge in [0.2, 0.25) is 0 Å².